The summed E-state index contributed by atoms with van der Waals surface area (Å²) >= 11 is 0. The van der Waals surface area contributed by atoms with Crippen LogP contribution in [-0.4, -0.2) is 11.7 Å². The molecule has 1 atom stereocenters. The molecule has 10 heavy (non-hydrogen) atoms. The number of aliphatic hydroxyl groups is 1. The minimum Gasteiger partial charge on any atom is -0.392 e. The fraction of sp³-hybridized carbons (Fsp3) is 0.333. The fourth-order valence-corrected chi connectivity index (χ4v) is 0.978. The lowest BCUT2D eigenvalue weighted by Gasteiger charge is -2.05. The van der Waals surface area contributed by atoms with Crippen molar-refractivity contribution in [3.8, 4) is 0 Å². The highest BCUT2D eigenvalue weighted by Gasteiger charge is 1.97. The molecule has 0 aliphatic heterocycles. The highest BCUT2D eigenvalue weighted by Crippen LogP contribution is 2.11. The van der Waals surface area contributed by atoms with Crippen molar-refractivity contribution in [3.63, 3.8) is 0 Å². The summed E-state index contributed by atoms with van der Waals surface area (Å²) in [7, 11) is 0. The second-order valence-corrected chi connectivity index (χ2v) is 2.32. The van der Waals surface area contributed by atoms with E-state index in [0.717, 1.165) is 6.42 Å². The van der Waals surface area contributed by atoms with E-state index in [4.69, 9.17) is 5.11 Å². The second kappa shape index (κ2) is 4.07. The Morgan fingerprint density at radius 1 is 1.50 bits per heavy atom. The normalized spacial score (nSPS) is 24.3. The summed E-state index contributed by atoms with van der Waals surface area (Å²) in [6.45, 7) is 0.147. The maximum atomic E-state index is 8.47. The predicted molar refractivity (Wildman–Crippen MR) is 42.6 cm³/mol. The monoisotopic (exact) mass is 136 g/mol. The molecule has 1 unspecified atom stereocenters. The van der Waals surface area contributed by atoms with E-state index in [9.17, 15) is 0 Å². The third kappa shape index (κ3) is 2.19. The van der Waals surface area contributed by atoms with Gasteiger partial charge in [-0.2, -0.15) is 0 Å². The van der Waals surface area contributed by atoms with Crippen LogP contribution in [0.5, 0.6) is 0 Å². The molecular formula is C9H12O. The highest BCUT2D eigenvalue weighted by atomic mass is 16.2. The molecule has 0 aromatic rings. The van der Waals surface area contributed by atoms with Gasteiger partial charge in [0.15, 0.2) is 0 Å². The van der Waals surface area contributed by atoms with Gasteiger partial charge in [0.05, 0.1) is 6.61 Å². The largest absolute Gasteiger partial charge is 0.392 e. The number of hydrogen-bond acceptors (Lipinski definition) is 1. The van der Waals surface area contributed by atoms with Gasteiger partial charge in [-0.15, -0.1) is 0 Å². The Hall–Kier alpha value is -0.820. The third-order valence-electron chi connectivity index (χ3n) is 1.50. The van der Waals surface area contributed by atoms with Crippen LogP contribution in [0.2, 0.25) is 0 Å². The van der Waals surface area contributed by atoms with E-state index in [0.29, 0.717) is 5.92 Å². The first kappa shape index (κ1) is 7.29. The summed E-state index contributed by atoms with van der Waals surface area (Å²) in [5.41, 5.74) is 0. The Bertz CT molecular complexity index is 166. The van der Waals surface area contributed by atoms with Crippen molar-refractivity contribution in [2.24, 2.45) is 5.92 Å². The van der Waals surface area contributed by atoms with Crippen LogP contribution in [-0.2, 0) is 0 Å². The van der Waals surface area contributed by atoms with Crippen LogP contribution < -0.4 is 0 Å². The van der Waals surface area contributed by atoms with Crippen molar-refractivity contribution in [2.45, 2.75) is 6.42 Å². The number of hydrogen-bond donors (Lipinski definition) is 1. The van der Waals surface area contributed by atoms with Crippen LogP contribution in [0.3, 0.4) is 0 Å². The van der Waals surface area contributed by atoms with E-state index in [1.54, 1.807) is 6.08 Å². The quantitative estimate of drug-likeness (QED) is 0.572. The highest BCUT2D eigenvalue weighted by molar-refractivity contribution is 5.15. The summed E-state index contributed by atoms with van der Waals surface area (Å²) in [5.74, 6) is 0.497. The summed E-state index contributed by atoms with van der Waals surface area (Å²) in [6.07, 6.45) is 13.2. The Morgan fingerprint density at radius 3 is 3.00 bits per heavy atom. The predicted octanol–water partition coefficient (Wildman–Crippen LogP) is 1.67. The lowest BCUT2D eigenvalue weighted by molar-refractivity contribution is 0.342. The number of aliphatic hydroxyl groups excluding tert-OH is 1. The molecule has 1 aliphatic rings. The zero-order valence-corrected chi connectivity index (χ0v) is 5.90. The van der Waals surface area contributed by atoms with E-state index in [2.05, 4.69) is 12.2 Å². The maximum absolute atomic E-state index is 8.47. The standard InChI is InChI=1S/C9H12O/c10-8-4-7-9-5-2-1-3-6-9/h1-5,7,9-10H,6,8H2. The van der Waals surface area contributed by atoms with Crippen molar-refractivity contribution in [2.75, 3.05) is 6.61 Å². The molecule has 0 saturated heterocycles. The molecule has 0 amide bonds. The molecule has 0 aromatic carbocycles. The van der Waals surface area contributed by atoms with Gasteiger partial charge >= 0.3 is 0 Å². The van der Waals surface area contributed by atoms with E-state index in [1.165, 1.54) is 0 Å². The fourth-order valence-electron chi connectivity index (χ4n) is 0.978. The van der Waals surface area contributed by atoms with Crippen LogP contribution in [0, 0.1) is 5.92 Å². The van der Waals surface area contributed by atoms with Crippen molar-refractivity contribution in [1.29, 1.82) is 0 Å². The average Bonchev–Trinajstić information content (AvgIpc) is 2.03. The Morgan fingerprint density at radius 2 is 2.40 bits per heavy atom. The lowest BCUT2D eigenvalue weighted by atomic mass is 10.0. The van der Waals surface area contributed by atoms with Crippen molar-refractivity contribution < 1.29 is 5.11 Å². The smallest absolute Gasteiger partial charge is 0.0612 e. The molecule has 1 rings (SSSR count). The van der Waals surface area contributed by atoms with Gasteiger partial charge in [-0.3, -0.25) is 0 Å². The van der Waals surface area contributed by atoms with Gasteiger partial charge in [0.2, 0.25) is 0 Å². The number of allylic oxidation sites excluding steroid dienone is 5. The van der Waals surface area contributed by atoms with Crippen LogP contribution in [0.4, 0.5) is 0 Å². The van der Waals surface area contributed by atoms with Crippen molar-refractivity contribution in [1.82, 2.24) is 0 Å². The average molecular weight is 136 g/mol. The van der Waals surface area contributed by atoms with Crippen LogP contribution >= 0.6 is 0 Å². The first-order valence-electron chi connectivity index (χ1n) is 3.54. The molecule has 1 heteroatoms. The summed E-state index contributed by atoms with van der Waals surface area (Å²) in [6, 6.07) is 0. The lowest BCUT2D eigenvalue weighted by Crippen LogP contribution is -1.92. The molecular weight excluding hydrogens is 124 g/mol. The molecule has 0 heterocycles. The first-order valence-corrected chi connectivity index (χ1v) is 3.54. The molecule has 1 aliphatic carbocycles. The molecule has 1 N–H and O–H groups in total. The van der Waals surface area contributed by atoms with Gasteiger partial charge in [0.25, 0.3) is 0 Å². The van der Waals surface area contributed by atoms with Gasteiger partial charge in [-0.1, -0.05) is 36.5 Å². The van der Waals surface area contributed by atoms with Gasteiger partial charge in [-0.05, 0) is 12.3 Å². The van der Waals surface area contributed by atoms with E-state index in [1.807, 2.05) is 18.2 Å². The number of rotatable bonds is 2. The summed E-state index contributed by atoms with van der Waals surface area (Å²) in [4.78, 5) is 0. The molecule has 0 fully saturated rings. The van der Waals surface area contributed by atoms with Gasteiger partial charge in [0, 0.05) is 0 Å². The molecule has 1 nitrogen and oxygen atoms in total. The summed E-state index contributed by atoms with van der Waals surface area (Å²) < 4.78 is 0. The first-order chi connectivity index (χ1) is 4.93. The molecule has 0 aromatic heterocycles. The van der Waals surface area contributed by atoms with Gasteiger partial charge < -0.3 is 5.11 Å². The van der Waals surface area contributed by atoms with Crippen molar-refractivity contribution in [3.05, 3.63) is 36.5 Å². The zero-order valence-electron chi connectivity index (χ0n) is 5.90. The maximum Gasteiger partial charge on any atom is 0.0612 e. The van der Waals surface area contributed by atoms with Crippen LogP contribution in [0.1, 0.15) is 6.42 Å². The molecule has 0 radical (unpaired) electrons. The van der Waals surface area contributed by atoms with E-state index < -0.39 is 0 Å². The van der Waals surface area contributed by atoms with Crippen LogP contribution in [0.25, 0.3) is 0 Å². The van der Waals surface area contributed by atoms with Crippen molar-refractivity contribution >= 4 is 0 Å². The third-order valence-corrected chi connectivity index (χ3v) is 1.50. The molecule has 0 bridgehead atoms. The summed E-state index contributed by atoms with van der Waals surface area (Å²) in [5, 5.41) is 8.47. The van der Waals surface area contributed by atoms with E-state index >= 15 is 0 Å². The van der Waals surface area contributed by atoms with Gasteiger partial charge in [0.1, 0.15) is 0 Å². The molecule has 0 saturated carbocycles. The van der Waals surface area contributed by atoms with E-state index in [-0.39, 0.29) is 6.61 Å². The molecule has 0 spiro atoms. The Balaban J connectivity index is 2.36. The van der Waals surface area contributed by atoms with Gasteiger partial charge in [-0.25, -0.2) is 0 Å². The SMILES string of the molecule is OCC=CC1C=CC=CC1. The minimum absolute atomic E-state index is 0.147. The zero-order chi connectivity index (χ0) is 7.23. The van der Waals surface area contributed by atoms with Crippen LogP contribution in [0.15, 0.2) is 36.5 Å². The minimum atomic E-state index is 0.147. The Kier molecular flexibility index (Phi) is 2.97. The Labute approximate surface area is 61.4 Å². The topological polar surface area (TPSA) is 20.2 Å². The second-order valence-electron chi connectivity index (χ2n) is 2.32. The molecule has 54 valence electrons.